The molecule has 1 aromatic carbocycles. The van der Waals surface area contributed by atoms with Crippen molar-refractivity contribution in [1.29, 1.82) is 0 Å². The Morgan fingerprint density at radius 3 is 2.67 bits per heavy atom. The molecule has 0 bridgehead atoms. The third kappa shape index (κ3) is 1.86. The van der Waals surface area contributed by atoms with Crippen LogP contribution in [-0.4, -0.2) is 17.2 Å². The van der Waals surface area contributed by atoms with Crippen LogP contribution in [-0.2, 0) is 4.79 Å². The van der Waals surface area contributed by atoms with Crippen molar-refractivity contribution in [3.05, 3.63) is 47.2 Å². The number of carbonyl (C=O) groups excluding carboxylic acids is 1. The first-order chi connectivity index (χ1) is 8.77. The van der Waals surface area contributed by atoms with Gasteiger partial charge in [0.25, 0.3) is 0 Å². The quantitative estimate of drug-likeness (QED) is 0.790. The molecule has 1 aromatic rings. The SMILES string of the molecule is CC(c1ccccc1)N1CCC(=O)C2=C1CCC2. The van der Waals surface area contributed by atoms with Crippen LogP contribution >= 0.6 is 0 Å². The number of hydrogen-bond donors (Lipinski definition) is 0. The Balaban J connectivity index is 1.91. The third-order valence-corrected chi connectivity index (χ3v) is 4.20. The fraction of sp³-hybridized carbons (Fsp3) is 0.438. The Hall–Kier alpha value is -1.57. The summed E-state index contributed by atoms with van der Waals surface area (Å²) in [6.45, 7) is 3.13. The first-order valence-electron chi connectivity index (χ1n) is 6.84. The number of allylic oxidation sites excluding steroid dienone is 2. The molecule has 94 valence electrons. The van der Waals surface area contributed by atoms with Crippen molar-refractivity contribution in [1.82, 2.24) is 4.90 Å². The molecule has 1 unspecified atom stereocenters. The van der Waals surface area contributed by atoms with Crippen molar-refractivity contribution >= 4 is 5.78 Å². The molecule has 3 rings (SSSR count). The first-order valence-corrected chi connectivity index (χ1v) is 6.84. The van der Waals surface area contributed by atoms with Crippen molar-refractivity contribution in [2.24, 2.45) is 0 Å². The van der Waals surface area contributed by atoms with Gasteiger partial charge in [-0.05, 0) is 31.7 Å². The summed E-state index contributed by atoms with van der Waals surface area (Å²) < 4.78 is 0. The molecule has 0 saturated heterocycles. The van der Waals surface area contributed by atoms with E-state index in [1.807, 2.05) is 0 Å². The lowest BCUT2D eigenvalue weighted by atomic mass is 9.98. The lowest BCUT2D eigenvalue weighted by Crippen LogP contribution is -2.33. The van der Waals surface area contributed by atoms with Gasteiger partial charge in [-0.15, -0.1) is 0 Å². The number of hydrogen-bond acceptors (Lipinski definition) is 2. The number of Topliss-reactive ketones (excluding diaryl/α,β-unsaturated/α-hetero) is 1. The van der Waals surface area contributed by atoms with E-state index in [4.69, 9.17) is 0 Å². The van der Waals surface area contributed by atoms with Crippen molar-refractivity contribution in [2.45, 2.75) is 38.6 Å². The number of benzene rings is 1. The Bertz CT molecular complexity index is 489. The highest BCUT2D eigenvalue weighted by Crippen LogP contribution is 2.38. The first kappa shape index (κ1) is 11.5. The summed E-state index contributed by atoms with van der Waals surface area (Å²) in [5.41, 5.74) is 3.78. The van der Waals surface area contributed by atoms with Gasteiger partial charge < -0.3 is 4.90 Å². The van der Waals surface area contributed by atoms with Crippen molar-refractivity contribution in [2.75, 3.05) is 6.54 Å². The van der Waals surface area contributed by atoms with Crippen LogP contribution in [0.25, 0.3) is 0 Å². The van der Waals surface area contributed by atoms with Crippen LogP contribution in [0.5, 0.6) is 0 Å². The van der Waals surface area contributed by atoms with Gasteiger partial charge in [0, 0.05) is 24.2 Å². The summed E-state index contributed by atoms with van der Waals surface area (Å²) in [7, 11) is 0. The van der Waals surface area contributed by atoms with E-state index in [1.54, 1.807) is 0 Å². The number of rotatable bonds is 2. The summed E-state index contributed by atoms with van der Waals surface area (Å²) >= 11 is 0. The molecule has 2 aliphatic rings. The Morgan fingerprint density at radius 2 is 1.89 bits per heavy atom. The van der Waals surface area contributed by atoms with Crippen LogP contribution in [0.4, 0.5) is 0 Å². The third-order valence-electron chi connectivity index (χ3n) is 4.20. The van der Waals surface area contributed by atoms with Crippen LogP contribution < -0.4 is 0 Å². The van der Waals surface area contributed by atoms with Gasteiger partial charge in [-0.3, -0.25) is 4.79 Å². The fourth-order valence-electron chi connectivity index (χ4n) is 3.19. The molecule has 1 aliphatic carbocycles. The highest BCUT2D eigenvalue weighted by Gasteiger charge is 2.31. The second-order valence-electron chi connectivity index (χ2n) is 5.23. The molecule has 1 atom stereocenters. The van der Waals surface area contributed by atoms with Gasteiger partial charge in [0.2, 0.25) is 0 Å². The van der Waals surface area contributed by atoms with Crippen LogP contribution in [0.3, 0.4) is 0 Å². The van der Waals surface area contributed by atoms with Crippen molar-refractivity contribution < 1.29 is 4.79 Å². The largest absolute Gasteiger partial charge is 0.367 e. The van der Waals surface area contributed by atoms with E-state index < -0.39 is 0 Å². The van der Waals surface area contributed by atoms with Gasteiger partial charge in [-0.2, -0.15) is 0 Å². The van der Waals surface area contributed by atoms with Crippen LogP contribution in [0.1, 0.15) is 44.2 Å². The normalized spacial score (nSPS) is 21.2. The van der Waals surface area contributed by atoms with Crippen molar-refractivity contribution in [3.63, 3.8) is 0 Å². The zero-order valence-corrected chi connectivity index (χ0v) is 10.9. The monoisotopic (exact) mass is 241 g/mol. The number of ketones is 1. The fourth-order valence-corrected chi connectivity index (χ4v) is 3.19. The van der Waals surface area contributed by atoms with Gasteiger partial charge in [0.1, 0.15) is 0 Å². The Morgan fingerprint density at radius 1 is 1.11 bits per heavy atom. The second-order valence-corrected chi connectivity index (χ2v) is 5.23. The average molecular weight is 241 g/mol. The van der Waals surface area contributed by atoms with Gasteiger partial charge in [0.05, 0.1) is 6.04 Å². The van der Waals surface area contributed by atoms with E-state index in [1.165, 1.54) is 11.3 Å². The minimum Gasteiger partial charge on any atom is -0.367 e. The molecule has 0 amide bonds. The molecule has 0 radical (unpaired) electrons. The van der Waals surface area contributed by atoms with Crippen LogP contribution in [0, 0.1) is 0 Å². The minimum absolute atomic E-state index is 0.377. The standard InChI is InChI=1S/C16H19NO/c1-12(13-6-3-2-4-7-13)17-11-10-16(18)14-8-5-9-15(14)17/h2-4,6-7,12H,5,8-11H2,1H3. The second kappa shape index (κ2) is 4.60. The van der Waals surface area contributed by atoms with Crippen LogP contribution in [0.15, 0.2) is 41.6 Å². The molecule has 2 nitrogen and oxygen atoms in total. The van der Waals surface area contributed by atoms with Gasteiger partial charge in [0.15, 0.2) is 5.78 Å². The Labute approximate surface area is 108 Å². The molecule has 0 N–H and O–H groups in total. The van der Waals surface area contributed by atoms with E-state index in [0.29, 0.717) is 18.2 Å². The van der Waals surface area contributed by atoms with E-state index in [2.05, 4.69) is 42.2 Å². The summed E-state index contributed by atoms with van der Waals surface area (Å²) in [6.07, 6.45) is 3.91. The summed E-state index contributed by atoms with van der Waals surface area (Å²) in [5, 5.41) is 0. The molecular weight excluding hydrogens is 222 g/mol. The molecule has 0 aromatic heterocycles. The molecule has 0 fully saturated rings. The molecule has 0 spiro atoms. The maximum atomic E-state index is 11.9. The molecule has 18 heavy (non-hydrogen) atoms. The van der Waals surface area contributed by atoms with E-state index >= 15 is 0 Å². The molecular formula is C16H19NO. The summed E-state index contributed by atoms with van der Waals surface area (Å²) in [5.74, 6) is 0.388. The molecule has 1 heterocycles. The predicted molar refractivity (Wildman–Crippen MR) is 72.1 cm³/mol. The minimum atomic E-state index is 0.377. The highest BCUT2D eigenvalue weighted by atomic mass is 16.1. The van der Waals surface area contributed by atoms with Crippen molar-refractivity contribution in [3.8, 4) is 0 Å². The average Bonchev–Trinajstić information content (AvgIpc) is 2.90. The van der Waals surface area contributed by atoms with Gasteiger partial charge in [-0.25, -0.2) is 0 Å². The van der Waals surface area contributed by atoms with Crippen LogP contribution in [0.2, 0.25) is 0 Å². The zero-order chi connectivity index (χ0) is 12.5. The molecule has 1 aliphatic heterocycles. The lowest BCUT2D eigenvalue weighted by molar-refractivity contribution is -0.116. The number of carbonyl (C=O) groups is 1. The topological polar surface area (TPSA) is 20.3 Å². The molecule has 2 heteroatoms. The Kier molecular flexibility index (Phi) is 2.94. The van der Waals surface area contributed by atoms with Gasteiger partial charge >= 0.3 is 0 Å². The molecule has 0 saturated carbocycles. The zero-order valence-electron chi connectivity index (χ0n) is 10.9. The summed E-state index contributed by atoms with van der Waals surface area (Å²) in [4.78, 5) is 14.3. The van der Waals surface area contributed by atoms with E-state index in [-0.39, 0.29) is 0 Å². The smallest absolute Gasteiger partial charge is 0.162 e. The summed E-state index contributed by atoms with van der Waals surface area (Å²) in [6, 6.07) is 11.0. The lowest BCUT2D eigenvalue weighted by Gasteiger charge is -2.36. The highest BCUT2D eigenvalue weighted by molar-refractivity contribution is 5.97. The number of nitrogens with zero attached hydrogens (tertiary/aromatic N) is 1. The van der Waals surface area contributed by atoms with E-state index in [9.17, 15) is 4.79 Å². The maximum Gasteiger partial charge on any atom is 0.162 e. The predicted octanol–water partition coefficient (Wildman–Crippen LogP) is 3.46. The maximum absolute atomic E-state index is 11.9. The van der Waals surface area contributed by atoms with Gasteiger partial charge in [-0.1, -0.05) is 30.3 Å². The van der Waals surface area contributed by atoms with E-state index in [0.717, 1.165) is 31.4 Å².